The van der Waals surface area contributed by atoms with Gasteiger partial charge in [0, 0.05) is 25.4 Å². The van der Waals surface area contributed by atoms with Crippen LogP contribution < -0.4 is 10.6 Å². The molecular weight excluding hydrogens is 318 g/mol. The van der Waals surface area contributed by atoms with Crippen molar-refractivity contribution in [1.29, 1.82) is 0 Å². The lowest BCUT2D eigenvalue weighted by Gasteiger charge is -2.06. The second kappa shape index (κ2) is 8.63. The van der Waals surface area contributed by atoms with E-state index < -0.39 is 5.91 Å². The molecule has 0 saturated carbocycles. The van der Waals surface area contributed by atoms with Crippen LogP contribution in [0.1, 0.15) is 27.2 Å². The number of aromatic hydroxyl groups is 1. The summed E-state index contributed by atoms with van der Waals surface area (Å²) in [5, 5.41) is 14.8. The van der Waals surface area contributed by atoms with Crippen molar-refractivity contribution in [3.8, 4) is 5.75 Å². The lowest BCUT2D eigenvalue weighted by Crippen LogP contribution is -2.34. The largest absolute Gasteiger partial charge is 0.505 e. The summed E-state index contributed by atoms with van der Waals surface area (Å²) in [7, 11) is 0. The minimum atomic E-state index is -0.488. The summed E-state index contributed by atoms with van der Waals surface area (Å²) in [5.41, 5.74) is 3.23. The fraction of sp³-hybridized carbons (Fsp3) is 0.211. The van der Waals surface area contributed by atoms with E-state index in [4.69, 9.17) is 0 Å². The molecule has 0 spiro atoms. The Morgan fingerprint density at radius 2 is 1.92 bits per heavy atom. The molecule has 0 aliphatic heterocycles. The van der Waals surface area contributed by atoms with E-state index >= 15 is 0 Å². The molecule has 3 N–H and O–H groups in total. The van der Waals surface area contributed by atoms with E-state index in [0.29, 0.717) is 0 Å². The van der Waals surface area contributed by atoms with Crippen molar-refractivity contribution in [3.05, 3.63) is 65.0 Å². The lowest BCUT2D eigenvalue weighted by atomic mass is 10.1. The molecule has 6 heteroatoms. The zero-order valence-electron chi connectivity index (χ0n) is 14.2. The number of aryl methyl sites for hydroxylation is 2. The number of nitrogens with zero attached hydrogens (tertiary/aromatic N) is 1. The van der Waals surface area contributed by atoms with Crippen LogP contribution >= 0.6 is 0 Å². The van der Waals surface area contributed by atoms with Crippen LogP contribution in [0.5, 0.6) is 5.75 Å². The molecule has 0 radical (unpaired) electrons. The molecule has 6 nitrogen and oxygen atoms in total. The van der Waals surface area contributed by atoms with Crippen LogP contribution in [0.4, 0.5) is 0 Å². The maximum absolute atomic E-state index is 11.8. The molecule has 1 aromatic heterocycles. The number of pyridine rings is 1. The summed E-state index contributed by atoms with van der Waals surface area (Å²) in [5.74, 6) is -0.909. The van der Waals surface area contributed by atoms with Crippen molar-refractivity contribution < 1.29 is 14.7 Å². The summed E-state index contributed by atoms with van der Waals surface area (Å²) >= 11 is 0. The molecular formula is C19H21N3O3. The van der Waals surface area contributed by atoms with Gasteiger partial charge in [-0.1, -0.05) is 23.8 Å². The lowest BCUT2D eigenvalue weighted by molar-refractivity contribution is -0.116. The first kappa shape index (κ1) is 18.2. The standard InChI is InChI=1S/C19H21N3O3/c1-13-5-6-15(14(2)12-13)7-8-17(24)20-10-11-22-19(25)18-16(23)4-3-9-21-18/h3-9,12,23H,10-11H2,1-2H3,(H,20,24)(H,22,25). The van der Waals surface area contributed by atoms with Gasteiger partial charge in [-0.25, -0.2) is 4.98 Å². The number of aromatic nitrogens is 1. The first-order valence-electron chi connectivity index (χ1n) is 7.92. The van der Waals surface area contributed by atoms with E-state index in [1.807, 2.05) is 26.0 Å². The first-order valence-corrected chi connectivity index (χ1v) is 7.92. The van der Waals surface area contributed by atoms with Gasteiger partial charge in [-0.3, -0.25) is 9.59 Å². The predicted molar refractivity (Wildman–Crippen MR) is 96.2 cm³/mol. The summed E-state index contributed by atoms with van der Waals surface area (Å²) in [6.45, 7) is 4.52. The molecule has 2 amide bonds. The van der Waals surface area contributed by atoms with Crippen LogP contribution in [-0.4, -0.2) is 35.0 Å². The molecule has 25 heavy (non-hydrogen) atoms. The monoisotopic (exact) mass is 339 g/mol. The summed E-state index contributed by atoms with van der Waals surface area (Å²) < 4.78 is 0. The van der Waals surface area contributed by atoms with E-state index in [-0.39, 0.29) is 30.4 Å². The molecule has 0 aliphatic carbocycles. The molecule has 1 heterocycles. The van der Waals surface area contributed by atoms with E-state index in [9.17, 15) is 14.7 Å². The van der Waals surface area contributed by atoms with Gasteiger partial charge in [0.1, 0.15) is 5.75 Å². The third kappa shape index (κ3) is 5.46. The number of amides is 2. The fourth-order valence-corrected chi connectivity index (χ4v) is 2.25. The van der Waals surface area contributed by atoms with Gasteiger partial charge in [0.2, 0.25) is 5.91 Å². The second-order valence-electron chi connectivity index (χ2n) is 5.61. The van der Waals surface area contributed by atoms with Gasteiger partial charge in [-0.15, -0.1) is 0 Å². The Morgan fingerprint density at radius 1 is 1.16 bits per heavy atom. The first-order chi connectivity index (χ1) is 12.0. The third-order valence-electron chi connectivity index (χ3n) is 3.55. The van der Waals surface area contributed by atoms with E-state index in [2.05, 4.69) is 21.7 Å². The number of carbonyl (C=O) groups excluding carboxylic acids is 2. The van der Waals surface area contributed by atoms with Gasteiger partial charge in [0.05, 0.1) is 0 Å². The molecule has 0 aliphatic rings. The van der Waals surface area contributed by atoms with Gasteiger partial charge in [0.25, 0.3) is 5.91 Å². The maximum atomic E-state index is 11.8. The van der Waals surface area contributed by atoms with Gasteiger partial charge in [-0.2, -0.15) is 0 Å². The highest BCUT2D eigenvalue weighted by Gasteiger charge is 2.10. The average molecular weight is 339 g/mol. The third-order valence-corrected chi connectivity index (χ3v) is 3.55. The molecule has 0 unspecified atom stereocenters. The normalized spacial score (nSPS) is 10.6. The zero-order chi connectivity index (χ0) is 18.2. The van der Waals surface area contributed by atoms with Crippen molar-refractivity contribution in [1.82, 2.24) is 15.6 Å². The minimum absolute atomic E-state index is 0.0384. The number of rotatable bonds is 6. The number of hydrogen-bond donors (Lipinski definition) is 3. The minimum Gasteiger partial charge on any atom is -0.505 e. The van der Waals surface area contributed by atoms with Gasteiger partial charge < -0.3 is 15.7 Å². The van der Waals surface area contributed by atoms with Crippen molar-refractivity contribution in [3.63, 3.8) is 0 Å². The quantitative estimate of drug-likeness (QED) is 0.554. The highest BCUT2D eigenvalue weighted by atomic mass is 16.3. The Balaban J connectivity index is 1.76. The van der Waals surface area contributed by atoms with E-state index in [1.54, 1.807) is 6.08 Å². The average Bonchev–Trinajstić information content (AvgIpc) is 2.58. The summed E-state index contributed by atoms with van der Waals surface area (Å²) in [4.78, 5) is 27.4. The van der Waals surface area contributed by atoms with Gasteiger partial charge >= 0.3 is 0 Å². The zero-order valence-corrected chi connectivity index (χ0v) is 14.2. The second-order valence-corrected chi connectivity index (χ2v) is 5.61. The van der Waals surface area contributed by atoms with Gasteiger partial charge in [-0.05, 0) is 43.2 Å². The van der Waals surface area contributed by atoms with Crippen LogP contribution in [0, 0.1) is 13.8 Å². The van der Waals surface area contributed by atoms with Crippen LogP contribution in [0.2, 0.25) is 0 Å². The summed E-state index contributed by atoms with van der Waals surface area (Å²) in [6.07, 6.45) is 4.65. The van der Waals surface area contributed by atoms with Crippen LogP contribution in [0.15, 0.2) is 42.6 Å². The number of nitrogens with one attached hydrogen (secondary N) is 2. The molecule has 0 bridgehead atoms. The van der Waals surface area contributed by atoms with Gasteiger partial charge in [0.15, 0.2) is 5.69 Å². The highest BCUT2D eigenvalue weighted by molar-refractivity contribution is 5.95. The molecule has 130 valence electrons. The number of hydrogen-bond acceptors (Lipinski definition) is 4. The molecule has 0 saturated heterocycles. The maximum Gasteiger partial charge on any atom is 0.273 e. The Bertz CT molecular complexity index is 800. The molecule has 1 aromatic carbocycles. The van der Waals surface area contributed by atoms with Crippen molar-refractivity contribution in [2.45, 2.75) is 13.8 Å². The molecule has 0 fully saturated rings. The van der Waals surface area contributed by atoms with Crippen LogP contribution in [-0.2, 0) is 4.79 Å². The van der Waals surface area contributed by atoms with E-state index in [1.165, 1.54) is 30.0 Å². The molecule has 2 rings (SSSR count). The van der Waals surface area contributed by atoms with Crippen molar-refractivity contribution >= 4 is 17.9 Å². The topological polar surface area (TPSA) is 91.3 Å². The Hall–Kier alpha value is -3.15. The SMILES string of the molecule is Cc1ccc(C=CC(=O)NCCNC(=O)c2ncccc2O)c(C)c1. The Morgan fingerprint density at radius 3 is 2.64 bits per heavy atom. The number of benzene rings is 1. The molecule has 2 aromatic rings. The van der Waals surface area contributed by atoms with E-state index in [0.717, 1.165) is 11.1 Å². The molecule has 0 atom stereocenters. The predicted octanol–water partition coefficient (Wildman–Crippen LogP) is 1.96. The van der Waals surface area contributed by atoms with Crippen molar-refractivity contribution in [2.24, 2.45) is 0 Å². The summed E-state index contributed by atoms with van der Waals surface area (Å²) in [6, 6.07) is 8.94. The van der Waals surface area contributed by atoms with Crippen molar-refractivity contribution in [2.75, 3.05) is 13.1 Å². The van der Waals surface area contributed by atoms with Crippen LogP contribution in [0.3, 0.4) is 0 Å². The Kier molecular flexibility index (Phi) is 6.28. The smallest absolute Gasteiger partial charge is 0.273 e. The number of carbonyl (C=O) groups is 2. The van der Waals surface area contributed by atoms with Crippen LogP contribution in [0.25, 0.3) is 6.08 Å². The fourth-order valence-electron chi connectivity index (χ4n) is 2.25. The Labute approximate surface area is 146 Å². The highest BCUT2D eigenvalue weighted by Crippen LogP contribution is 2.12.